The van der Waals surface area contributed by atoms with Gasteiger partial charge in [-0.25, -0.2) is 9.97 Å². The van der Waals surface area contributed by atoms with Gasteiger partial charge in [0, 0.05) is 24.5 Å². The number of amides is 1. The number of aromatic nitrogens is 2. The van der Waals surface area contributed by atoms with Crippen molar-refractivity contribution in [1.82, 2.24) is 15.3 Å². The molecule has 0 bridgehead atoms. The average molecular weight is 291 g/mol. The summed E-state index contributed by atoms with van der Waals surface area (Å²) in [7, 11) is 0. The SMILES string of the molecule is CCc1cc2c(N3CCNCC3C(N)=O)ncnc2s1. The summed E-state index contributed by atoms with van der Waals surface area (Å²) < 4.78 is 0. The molecule has 3 heterocycles. The van der Waals surface area contributed by atoms with E-state index in [4.69, 9.17) is 5.73 Å². The summed E-state index contributed by atoms with van der Waals surface area (Å²) in [6.07, 6.45) is 2.54. The first-order chi connectivity index (χ1) is 9.70. The number of thiophene rings is 1. The van der Waals surface area contributed by atoms with Gasteiger partial charge in [0.2, 0.25) is 5.91 Å². The number of piperazine rings is 1. The number of aryl methyl sites for hydroxylation is 1. The third kappa shape index (κ3) is 2.23. The zero-order valence-electron chi connectivity index (χ0n) is 11.3. The highest BCUT2D eigenvalue weighted by Gasteiger charge is 2.29. The van der Waals surface area contributed by atoms with E-state index >= 15 is 0 Å². The maximum absolute atomic E-state index is 11.6. The van der Waals surface area contributed by atoms with Gasteiger partial charge in [0.25, 0.3) is 0 Å². The second-order valence-electron chi connectivity index (χ2n) is 4.80. The molecule has 0 aromatic carbocycles. The number of hydrogen-bond acceptors (Lipinski definition) is 6. The summed E-state index contributed by atoms with van der Waals surface area (Å²) in [5, 5.41) is 4.21. The molecule has 0 saturated carbocycles. The van der Waals surface area contributed by atoms with E-state index in [-0.39, 0.29) is 11.9 Å². The molecule has 20 heavy (non-hydrogen) atoms. The highest BCUT2D eigenvalue weighted by Crippen LogP contribution is 2.31. The van der Waals surface area contributed by atoms with Crippen LogP contribution in [0, 0.1) is 0 Å². The van der Waals surface area contributed by atoms with Gasteiger partial charge in [0.1, 0.15) is 23.0 Å². The summed E-state index contributed by atoms with van der Waals surface area (Å²) in [6, 6.07) is 1.77. The molecule has 1 atom stereocenters. The topological polar surface area (TPSA) is 84.1 Å². The monoisotopic (exact) mass is 291 g/mol. The zero-order valence-corrected chi connectivity index (χ0v) is 12.1. The fourth-order valence-corrected chi connectivity index (χ4v) is 3.44. The summed E-state index contributed by atoms with van der Waals surface area (Å²) >= 11 is 1.68. The highest BCUT2D eigenvalue weighted by atomic mass is 32.1. The van der Waals surface area contributed by atoms with Crippen LogP contribution in [0.15, 0.2) is 12.4 Å². The number of carbonyl (C=O) groups is 1. The standard InChI is InChI=1S/C13H17N5OS/c1-2-8-5-9-12(16-7-17-13(9)20-8)18-4-3-15-6-10(18)11(14)19/h5,7,10,15H,2-4,6H2,1H3,(H2,14,19). The van der Waals surface area contributed by atoms with Crippen molar-refractivity contribution in [2.75, 3.05) is 24.5 Å². The number of fused-ring (bicyclic) bond motifs is 1. The van der Waals surface area contributed by atoms with Crippen LogP contribution in [-0.2, 0) is 11.2 Å². The van der Waals surface area contributed by atoms with Gasteiger partial charge in [-0.15, -0.1) is 11.3 Å². The smallest absolute Gasteiger partial charge is 0.241 e. The molecule has 2 aromatic heterocycles. The van der Waals surface area contributed by atoms with E-state index in [9.17, 15) is 4.79 Å². The van der Waals surface area contributed by atoms with Gasteiger partial charge < -0.3 is 16.0 Å². The molecule has 1 amide bonds. The Kier molecular flexibility index (Phi) is 3.54. The molecule has 1 fully saturated rings. The largest absolute Gasteiger partial charge is 0.368 e. The number of hydrogen-bond donors (Lipinski definition) is 2. The van der Waals surface area contributed by atoms with Crippen molar-refractivity contribution >= 4 is 33.3 Å². The summed E-state index contributed by atoms with van der Waals surface area (Å²) in [6.45, 7) is 4.22. The number of nitrogens with one attached hydrogen (secondary N) is 1. The molecule has 0 radical (unpaired) electrons. The van der Waals surface area contributed by atoms with Gasteiger partial charge in [-0.3, -0.25) is 4.79 Å². The van der Waals surface area contributed by atoms with Crippen molar-refractivity contribution in [3.63, 3.8) is 0 Å². The maximum atomic E-state index is 11.6. The first kappa shape index (κ1) is 13.3. The molecule has 2 aromatic rings. The second kappa shape index (κ2) is 5.34. The van der Waals surface area contributed by atoms with E-state index in [0.29, 0.717) is 6.54 Å². The third-order valence-corrected chi connectivity index (χ3v) is 4.74. The molecular weight excluding hydrogens is 274 g/mol. The number of nitrogens with two attached hydrogens (primary N) is 1. The van der Waals surface area contributed by atoms with Gasteiger partial charge in [-0.1, -0.05) is 6.92 Å². The molecule has 0 aliphatic carbocycles. The van der Waals surface area contributed by atoms with E-state index < -0.39 is 0 Å². The number of primary amides is 1. The van der Waals surface area contributed by atoms with Crippen LogP contribution in [-0.4, -0.2) is 41.6 Å². The van der Waals surface area contributed by atoms with Crippen LogP contribution in [0.4, 0.5) is 5.82 Å². The molecule has 3 rings (SSSR count). The van der Waals surface area contributed by atoms with Crippen LogP contribution in [0.2, 0.25) is 0 Å². The Balaban J connectivity index is 2.07. The second-order valence-corrected chi connectivity index (χ2v) is 5.91. The van der Waals surface area contributed by atoms with Gasteiger partial charge in [0.15, 0.2) is 0 Å². The van der Waals surface area contributed by atoms with Crippen molar-refractivity contribution < 1.29 is 4.79 Å². The van der Waals surface area contributed by atoms with Crippen molar-refractivity contribution in [2.24, 2.45) is 5.73 Å². The average Bonchev–Trinajstić information content (AvgIpc) is 2.90. The van der Waals surface area contributed by atoms with Gasteiger partial charge >= 0.3 is 0 Å². The van der Waals surface area contributed by atoms with Crippen LogP contribution in [0.5, 0.6) is 0 Å². The Bertz CT molecular complexity index is 641. The summed E-state index contributed by atoms with van der Waals surface area (Å²) in [4.78, 5) is 24.6. The molecule has 1 aliphatic heterocycles. The fourth-order valence-electron chi connectivity index (χ4n) is 2.51. The molecular formula is C13H17N5OS. The van der Waals surface area contributed by atoms with Crippen molar-refractivity contribution in [1.29, 1.82) is 0 Å². The Labute approximate surface area is 121 Å². The molecule has 7 heteroatoms. The van der Waals surface area contributed by atoms with E-state index in [1.54, 1.807) is 17.7 Å². The lowest BCUT2D eigenvalue weighted by atomic mass is 10.1. The first-order valence-electron chi connectivity index (χ1n) is 6.70. The number of anilines is 1. The zero-order chi connectivity index (χ0) is 14.1. The summed E-state index contributed by atoms with van der Waals surface area (Å²) in [5.74, 6) is 0.492. The lowest BCUT2D eigenvalue weighted by molar-refractivity contribution is -0.119. The Morgan fingerprint density at radius 2 is 2.45 bits per heavy atom. The van der Waals surface area contributed by atoms with Gasteiger partial charge in [0.05, 0.1) is 5.39 Å². The van der Waals surface area contributed by atoms with Crippen LogP contribution >= 0.6 is 11.3 Å². The predicted molar refractivity (Wildman–Crippen MR) is 80.0 cm³/mol. The lowest BCUT2D eigenvalue weighted by Gasteiger charge is -2.35. The quantitative estimate of drug-likeness (QED) is 0.861. The molecule has 1 aliphatic rings. The minimum Gasteiger partial charge on any atom is -0.368 e. The lowest BCUT2D eigenvalue weighted by Crippen LogP contribution is -2.57. The number of carbonyl (C=O) groups excluding carboxylic acids is 1. The van der Waals surface area contributed by atoms with Crippen LogP contribution < -0.4 is 16.0 Å². The molecule has 0 spiro atoms. The van der Waals surface area contributed by atoms with Crippen LogP contribution in [0.3, 0.4) is 0 Å². The van der Waals surface area contributed by atoms with E-state index in [2.05, 4.69) is 28.3 Å². The Morgan fingerprint density at radius 3 is 3.20 bits per heavy atom. The maximum Gasteiger partial charge on any atom is 0.241 e. The van der Waals surface area contributed by atoms with Gasteiger partial charge in [-0.05, 0) is 12.5 Å². The van der Waals surface area contributed by atoms with Crippen molar-refractivity contribution in [3.8, 4) is 0 Å². The number of rotatable bonds is 3. The van der Waals surface area contributed by atoms with Crippen LogP contribution in [0.25, 0.3) is 10.2 Å². The fraction of sp³-hybridized carbons (Fsp3) is 0.462. The van der Waals surface area contributed by atoms with Crippen LogP contribution in [0.1, 0.15) is 11.8 Å². The van der Waals surface area contributed by atoms with Gasteiger partial charge in [-0.2, -0.15) is 0 Å². The minimum atomic E-state index is -0.355. The van der Waals surface area contributed by atoms with E-state index in [1.165, 1.54) is 4.88 Å². The third-order valence-electron chi connectivity index (χ3n) is 3.55. The normalized spacial score (nSPS) is 19.4. The minimum absolute atomic E-state index is 0.324. The molecule has 6 nitrogen and oxygen atoms in total. The first-order valence-corrected chi connectivity index (χ1v) is 7.52. The van der Waals surface area contributed by atoms with E-state index in [1.807, 2.05) is 4.90 Å². The highest BCUT2D eigenvalue weighted by molar-refractivity contribution is 7.18. The Morgan fingerprint density at radius 1 is 1.60 bits per heavy atom. The molecule has 1 saturated heterocycles. The predicted octanol–water partition coefficient (Wildman–Crippen LogP) is 0.517. The van der Waals surface area contributed by atoms with Crippen molar-refractivity contribution in [2.45, 2.75) is 19.4 Å². The number of nitrogens with zero attached hydrogens (tertiary/aromatic N) is 3. The van der Waals surface area contributed by atoms with E-state index in [0.717, 1.165) is 35.5 Å². The Hall–Kier alpha value is -1.73. The molecule has 106 valence electrons. The molecule has 3 N–H and O–H groups in total. The molecule has 1 unspecified atom stereocenters. The summed E-state index contributed by atoms with van der Waals surface area (Å²) in [5.41, 5.74) is 5.51. The van der Waals surface area contributed by atoms with Crippen molar-refractivity contribution in [3.05, 3.63) is 17.3 Å².